The monoisotopic (exact) mass is 329 g/mol. The lowest BCUT2D eigenvalue weighted by Crippen LogP contribution is -2.14. The molecule has 0 N–H and O–H groups in total. The highest BCUT2D eigenvalue weighted by Crippen LogP contribution is 2.32. The zero-order chi connectivity index (χ0) is 17.6. The number of aromatic nitrogens is 2. The Bertz CT molecular complexity index is 827. The summed E-state index contributed by atoms with van der Waals surface area (Å²) in [7, 11) is 3.83. The fourth-order valence-electron chi connectivity index (χ4n) is 2.58. The van der Waals surface area contributed by atoms with Crippen LogP contribution in [0.3, 0.4) is 0 Å². The Morgan fingerprint density at radius 3 is 1.68 bits per heavy atom. The van der Waals surface area contributed by atoms with Crippen LogP contribution in [-0.2, 0) is 4.79 Å². The summed E-state index contributed by atoms with van der Waals surface area (Å²) in [5.74, 6) is 0.626. The first-order valence-corrected chi connectivity index (χ1v) is 8.02. The lowest BCUT2D eigenvalue weighted by Gasteiger charge is -2.17. The third-order valence-corrected chi connectivity index (χ3v) is 3.77. The largest absolute Gasteiger partial charge is 0.347 e. The molecule has 2 aromatic carbocycles. The van der Waals surface area contributed by atoms with E-state index in [1.807, 2.05) is 79.7 Å². The Morgan fingerprint density at radius 2 is 1.28 bits per heavy atom. The lowest BCUT2D eigenvalue weighted by molar-refractivity contribution is -0.104. The molecule has 1 aromatic heterocycles. The van der Waals surface area contributed by atoms with Crippen molar-refractivity contribution in [1.82, 2.24) is 9.97 Å². The molecule has 0 aliphatic carbocycles. The molecule has 25 heavy (non-hydrogen) atoms. The highest BCUT2D eigenvalue weighted by atomic mass is 16.1. The SMILES string of the molecule is CN(C)c1nc(-c2ccccc2)c(/C=C/C=O)c(-c2ccccc2)n1. The number of nitrogens with zero attached hydrogens (tertiary/aromatic N) is 3. The topological polar surface area (TPSA) is 46.1 Å². The van der Waals surface area contributed by atoms with Crippen molar-refractivity contribution in [2.75, 3.05) is 19.0 Å². The number of rotatable bonds is 5. The minimum Gasteiger partial charge on any atom is -0.347 e. The molecule has 0 amide bonds. The second-order valence-corrected chi connectivity index (χ2v) is 5.76. The zero-order valence-electron chi connectivity index (χ0n) is 14.3. The Balaban J connectivity index is 2.34. The zero-order valence-corrected chi connectivity index (χ0v) is 14.3. The van der Waals surface area contributed by atoms with E-state index in [1.165, 1.54) is 6.08 Å². The van der Waals surface area contributed by atoms with Crippen LogP contribution in [0.5, 0.6) is 0 Å². The van der Waals surface area contributed by atoms with Crippen LogP contribution in [0.15, 0.2) is 66.7 Å². The molecule has 4 heteroatoms. The van der Waals surface area contributed by atoms with Gasteiger partial charge in [-0.1, -0.05) is 60.7 Å². The van der Waals surface area contributed by atoms with Crippen molar-refractivity contribution in [3.05, 3.63) is 72.3 Å². The summed E-state index contributed by atoms with van der Waals surface area (Å²) in [6.07, 6.45) is 4.02. The van der Waals surface area contributed by atoms with Gasteiger partial charge in [0.1, 0.15) is 6.29 Å². The first kappa shape index (κ1) is 16.6. The van der Waals surface area contributed by atoms with Gasteiger partial charge in [0.15, 0.2) is 0 Å². The summed E-state index contributed by atoms with van der Waals surface area (Å²) in [4.78, 5) is 22.3. The molecule has 0 unspecified atom stereocenters. The van der Waals surface area contributed by atoms with Gasteiger partial charge < -0.3 is 4.90 Å². The van der Waals surface area contributed by atoms with E-state index in [0.29, 0.717) is 5.95 Å². The Hall–Kier alpha value is -3.27. The number of aldehydes is 1. The van der Waals surface area contributed by atoms with E-state index < -0.39 is 0 Å². The van der Waals surface area contributed by atoms with Crippen molar-refractivity contribution in [1.29, 1.82) is 0 Å². The van der Waals surface area contributed by atoms with Gasteiger partial charge in [0.2, 0.25) is 5.95 Å². The van der Waals surface area contributed by atoms with Crippen LogP contribution in [0.2, 0.25) is 0 Å². The second kappa shape index (κ2) is 7.53. The molecule has 0 saturated carbocycles. The van der Waals surface area contributed by atoms with E-state index in [9.17, 15) is 4.79 Å². The molecule has 3 aromatic rings. The maximum absolute atomic E-state index is 10.9. The second-order valence-electron chi connectivity index (χ2n) is 5.76. The molecule has 3 rings (SSSR count). The van der Waals surface area contributed by atoms with Gasteiger partial charge in [-0.15, -0.1) is 0 Å². The highest BCUT2D eigenvalue weighted by Gasteiger charge is 2.16. The van der Waals surface area contributed by atoms with Crippen LogP contribution in [0.4, 0.5) is 5.95 Å². The predicted molar refractivity (Wildman–Crippen MR) is 102 cm³/mol. The minimum atomic E-state index is 0.626. The average molecular weight is 329 g/mol. The van der Waals surface area contributed by atoms with Crippen molar-refractivity contribution < 1.29 is 4.79 Å². The fraction of sp³-hybridized carbons (Fsp3) is 0.0952. The van der Waals surface area contributed by atoms with Gasteiger partial charge in [-0.05, 0) is 12.2 Å². The lowest BCUT2D eigenvalue weighted by atomic mass is 9.99. The summed E-state index contributed by atoms with van der Waals surface area (Å²) in [5, 5.41) is 0. The van der Waals surface area contributed by atoms with Crippen molar-refractivity contribution >= 4 is 18.3 Å². The number of carbonyl (C=O) groups excluding carboxylic acids is 1. The van der Waals surface area contributed by atoms with Crippen LogP contribution >= 0.6 is 0 Å². The van der Waals surface area contributed by atoms with Gasteiger partial charge in [-0.2, -0.15) is 0 Å². The van der Waals surface area contributed by atoms with Crippen LogP contribution in [0.1, 0.15) is 5.56 Å². The van der Waals surface area contributed by atoms with E-state index >= 15 is 0 Å². The van der Waals surface area contributed by atoms with Crippen LogP contribution in [0, 0.1) is 0 Å². The maximum Gasteiger partial charge on any atom is 0.225 e. The van der Waals surface area contributed by atoms with Gasteiger partial charge in [0.25, 0.3) is 0 Å². The third kappa shape index (κ3) is 3.63. The molecule has 0 atom stereocenters. The number of hydrogen-bond acceptors (Lipinski definition) is 4. The van der Waals surface area contributed by atoms with Crippen molar-refractivity contribution in [2.45, 2.75) is 0 Å². The third-order valence-electron chi connectivity index (χ3n) is 3.77. The average Bonchev–Trinajstić information content (AvgIpc) is 2.67. The first-order chi connectivity index (χ1) is 12.2. The summed E-state index contributed by atoms with van der Waals surface area (Å²) in [6.45, 7) is 0. The highest BCUT2D eigenvalue weighted by molar-refractivity contribution is 5.86. The normalized spacial score (nSPS) is 10.8. The van der Waals surface area contributed by atoms with Crippen molar-refractivity contribution in [2.24, 2.45) is 0 Å². The molecule has 4 nitrogen and oxygen atoms in total. The number of allylic oxidation sites excluding steroid dienone is 1. The summed E-state index contributed by atoms with van der Waals surface area (Å²) < 4.78 is 0. The molecule has 0 aliphatic heterocycles. The van der Waals surface area contributed by atoms with Gasteiger partial charge in [0, 0.05) is 30.8 Å². The van der Waals surface area contributed by atoms with Crippen molar-refractivity contribution in [3.63, 3.8) is 0 Å². The minimum absolute atomic E-state index is 0.626. The Kier molecular flexibility index (Phi) is 5.00. The molecule has 124 valence electrons. The van der Waals surface area contributed by atoms with E-state index in [1.54, 1.807) is 6.08 Å². The smallest absolute Gasteiger partial charge is 0.225 e. The molecule has 0 radical (unpaired) electrons. The molecule has 0 bridgehead atoms. The number of anilines is 1. The molecule has 1 heterocycles. The van der Waals surface area contributed by atoms with E-state index in [0.717, 1.165) is 34.4 Å². The molecular weight excluding hydrogens is 310 g/mol. The quantitative estimate of drug-likeness (QED) is 0.522. The maximum atomic E-state index is 10.9. The standard InChI is InChI=1S/C21H19N3O/c1-24(2)21-22-19(16-10-5-3-6-11-16)18(14-9-15-25)20(23-21)17-12-7-4-8-13-17/h3-15H,1-2H3/b14-9+. The molecule has 0 spiro atoms. The van der Waals surface area contributed by atoms with E-state index in [2.05, 4.69) is 0 Å². The fourth-order valence-corrected chi connectivity index (χ4v) is 2.58. The summed E-state index contributed by atoms with van der Waals surface area (Å²) >= 11 is 0. The molecule has 0 saturated heterocycles. The van der Waals surface area contributed by atoms with Crippen LogP contribution in [0.25, 0.3) is 28.6 Å². The van der Waals surface area contributed by atoms with Gasteiger partial charge in [0.05, 0.1) is 11.4 Å². The molecule has 0 fully saturated rings. The Morgan fingerprint density at radius 1 is 0.800 bits per heavy atom. The Labute approximate surface area is 147 Å². The summed E-state index contributed by atoms with van der Waals surface area (Å²) in [6, 6.07) is 19.9. The van der Waals surface area contributed by atoms with Gasteiger partial charge >= 0.3 is 0 Å². The number of carbonyl (C=O) groups is 1. The number of hydrogen-bond donors (Lipinski definition) is 0. The van der Waals surface area contributed by atoms with Crippen LogP contribution < -0.4 is 4.90 Å². The molecule has 0 aliphatic rings. The first-order valence-electron chi connectivity index (χ1n) is 8.02. The van der Waals surface area contributed by atoms with Crippen molar-refractivity contribution in [3.8, 4) is 22.5 Å². The van der Waals surface area contributed by atoms with Crippen LogP contribution in [-0.4, -0.2) is 30.3 Å². The number of benzene rings is 2. The predicted octanol–water partition coefficient (Wildman–Crippen LogP) is 4.09. The van der Waals surface area contributed by atoms with E-state index in [4.69, 9.17) is 9.97 Å². The summed E-state index contributed by atoms with van der Waals surface area (Å²) in [5.41, 5.74) is 4.40. The van der Waals surface area contributed by atoms with E-state index in [-0.39, 0.29) is 0 Å². The van der Waals surface area contributed by atoms with Gasteiger partial charge in [-0.25, -0.2) is 9.97 Å². The molecular formula is C21H19N3O. The van der Waals surface area contributed by atoms with Gasteiger partial charge in [-0.3, -0.25) is 4.79 Å².